The van der Waals surface area contributed by atoms with Gasteiger partial charge in [0, 0.05) is 25.1 Å². The van der Waals surface area contributed by atoms with Crippen molar-refractivity contribution in [2.45, 2.75) is 43.9 Å². The van der Waals surface area contributed by atoms with E-state index in [0.29, 0.717) is 17.5 Å². The molecule has 15 nitrogen and oxygen atoms in total. The first-order chi connectivity index (χ1) is 23.0. The lowest BCUT2D eigenvalue weighted by atomic mass is 9.95. The molecule has 0 aromatic heterocycles. The summed E-state index contributed by atoms with van der Waals surface area (Å²) < 4.78 is 31.7. The highest BCUT2D eigenvalue weighted by atomic mass is 19.4. The van der Waals surface area contributed by atoms with Gasteiger partial charge in [-0.2, -0.15) is 13.2 Å². The zero-order valence-electron chi connectivity index (χ0n) is 26.3. The van der Waals surface area contributed by atoms with E-state index in [4.69, 9.17) is 38.2 Å². The van der Waals surface area contributed by atoms with Gasteiger partial charge in [-0.05, 0) is 30.4 Å². The number of carbonyl (C=O) groups is 5. The molecule has 0 spiro atoms. The van der Waals surface area contributed by atoms with Gasteiger partial charge in [0.15, 0.2) is 5.96 Å². The number of primary amides is 1. The smallest absolute Gasteiger partial charge is 0.475 e. The van der Waals surface area contributed by atoms with E-state index < -0.39 is 53.8 Å². The number of carbonyl (C=O) groups excluding carboxylic acids is 4. The van der Waals surface area contributed by atoms with Gasteiger partial charge in [0.25, 0.3) is 0 Å². The van der Waals surface area contributed by atoms with Crippen molar-refractivity contribution < 1.29 is 42.3 Å². The van der Waals surface area contributed by atoms with Crippen molar-refractivity contribution in [3.05, 3.63) is 83.9 Å². The van der Waals surface area contributed by atoms with E-state index in [1.54, 1.807) is 48.5 Å². The van der Waals surface area contributed by atoms with Crippen LogP contribution >= 0.6 is 0 Å². The van der Waals surface area contributed by atoms with Crippen LogP contribution in [0.2, 0.25) is 0 Å². The largest absolute Gasteiger partial charge is 0.490 e. The van der Waals surface area contributed by atoms with Crippen LogP contribution in [0.15, 0.2) is 72.2 Å². The molecule has 0 bridgehead atoms. The highest BCUT2D eigenvalue weighted by Crippen LogP contribution is 2.14. The second-order valence-corrected chi connectivity index (χ2v) is 10.4. The fourth-order valence-electron chi connectivity index (χ4n) is 4.05. The minimum atomic E-state index is -5.08. The highest BCUT2D eigenvalue weighted by Gasteiger charge is 2.38. The summed E-state index contributed by atoms with van der Waals surface area (Å²) in [5, 5.41) is 22.6. The molecule has 0 saturated carbocycles. The number of guanidine groups is 1. The summed E-state index contributed by atoms with van der Waals surface area (Å²) in [5.41, 5.74) is 23.6. The van der Waals surface area contributed by atoms with E-state index >= 15 is 0 Å². The average Bonchev–Trinajstić information content (AvgIpc) is 3.03. The number of halogens is 3. The Balaban J connectivity index is 0.00000154. The van der Waals surface area contributed by atoms with E-state index in [9.17, 15) is 32.3 Å². The Kier molecular flexibility index (Phi) is 17.0. The van der Waals surface area contributed by atoms with Gasteiger partial charge in [-0.15, -0.1) is 6.58 Å². The van der Waals surface area contributed by atoms with E-state index in [1.165, 1.54) is 6.08 Å². The first-order valence-electron chi connectivity index (χ1n) is 14.6. The summed E-state index contributed by atoms with van der Waals surface area (Å²) in [6.45, 7) is 3.96. The summed E-state index contributed by atoms with van der Waals surface area (Å²) in [6.07, 6.45) is -2.95. The molecule has 0 aliphatic carbocycles. The molecule has 2 aromatic rings. The lowest BCUT2D eigenvalue weighted by molar-refractivity contribution is -0.192. The third-order valence-corrected chi connectivity index (χ3v) is 6.52. The molecule has 0 aliphatic rings. The van der Waals surface area contributed by atoms with Crippen LogP contribution in [0.1, 0.15) is 29.5 Å². The Hall–Kier alpha value is -5.94. The van der Waals surface area contributed by atoms with Crippen molar-refractivity contribution >= 4 is 41.4 Å². The normalized spacial score (nSPS) is 12.4. The molecule has 0 heterocycles. The molecule has 2 rings (SSSR count). The van der Waals surface area contributed by atoms with E-state index in [0.717, 1.165) is 5.56 Å². The van der Waals surface area contributed by atoms with Gasteiger partial charge in [-0.25, -0.2) is 4.79 Å². The molecular weight excluding hydrogens is 651 g/mol. The molecule has 3 atom stereocenters. The number of amides is 4. The summed E-state index contributed by atoms with van der Waals surface area (Å²) in [6, 6.07) is 13.4. The zero-order chi connectivity index (χ0) is 37.1. The standard InChI is InChI=1S/C29H39N9O4.C2HF3O2/c1-2-14-35-26(40)21(16-19-10-12-20(13-11-19)24(30)31)27(41)38-23(17-18-7-4-3-5-8-18)28(42)37-22(25(32)39)9-6-15-36-29(33)34;3-2(4,5)1(6)7/h2-5,7-8,10-13,21-23H,1,6,9,14-17H2,(H3,30,31)(H2,32,39)(H,35,40)(H,37,42)(H,38,41)(H4,33,34,36);(H,6,7)/t21?,22-,23?;/m0./s1. The quantitative estimate of drug-likeness (QED) is 0.0349. The molecule has 13 N–H and O–H groups in total. The Morgan fingerprint density at radius 1 is 0.857 bits per heavy atom. The topological polar surface area (TPSA) is 282 Å². The molecular formula is C31H40F3N9O6. The molecule has 49 heavy (non-hydrogen) atoms. The number of nitrogens with two attached hydrogens (primary N) is 4. The van der Waals surface area contributed by atoms with Crippen LogP contribution in [0.5, 0.6) is 0 Å². The van der Waals surface area contributed by atoms with Gasteiger partial charge in [0.05, 0.1) is 0 Å². The summed E-state index contributed by atoms with van der Waals surface area (Å²) in [7, 11) is 0. The van der Waals surface area contributed by atoms with Crippen LogP contribution in [0.4, 0.5) is 13.2 Å². The Labute approximate surface area is 279 Å². The number of nitrogens with one attached hydrogen (secondary N) is 4. The van der Waals surface area contributed by atoms with E-state index in [-0.39, 0.29) is 44.1 Å². The predicted molar refractivity (Wildman–Crippen MR) is 175 cm³/mol. The first-order valence-corrected chi connectivity index (χ1v) is 14.6. The molecule has 0 fully saturated rings. The number of nitrogens with zero attached hydrogens (tertiary/aromatic N) is 1. The second kappa shape index (κ2) is 20.3. The highest BCUT2D eigenvalue weighted by molar-refractivity contribution is 6.02. The second-order valence-electron chi connectivity index (χ2n) is 10.4. The Morgan fingerprint density at radius 2 is 1.41 bits per heavy atom. The number of nitrogen functional groups attached to an aromatic ring is 1. The number of rotatable bonds is 17. The van der Waals surface area contributed by atoms with Crippen LogP contribution in [0.3, 0.4) is 0 Å². The van der Waals surface area contributed by atoms with Gasteiger partial charge in [0.2, 0.25) is 23.6 Å². The minimum absolute atomic E-state index is 0.0153. The third kappa shape index (κ3) is 15.9. The van der Waals surface area contributed by atoms with Crippen molar-refractivity contribution in [1.82, 2.24) is 16.0 Å². The first kappa shape index (κ1) is 41.1. The predicted octanol–water partition coefficient (Wildman–Crippen LogP) is -0.184. The number of benzene rings is 2. The van der Waals surface area contributed by atoms with Crippen LogP contribution in [0, 0.1) is 11.3 Å². The molecule has 2 aromatic carbocycles. The van der Waals surface area contributed by atoms with Crippen molar-refractivity contribution in [3.63, 3.8) is 0 Å². The summed E-state index contributed by atoms with van der Waals surface area (Å²) in [4.78, 5) is 64.9. The molecule has 18 heteroatoms. The summed E-state index contributed by atoms with van der Waals surface area (Å²) in [5.74, 6) is -6.81. The van der Waals surface area contributed by atoms with Crippen molar-refractivity contribution in [2.24, 2.45) is 33.8 Å². The number of carboxylic acid groups (broad SMARTS) is 1. The minimum Gasteiger partial charge on any atom is -0.475 e. The number of alkyl halides is 3. The van der Waals surface area contributed by atoms with Crippen LogP contribution < -0.4 is 38.9 Å². The van der Waals surface area contributed by atoms with Crippen LogP contribution in [0.25, 0.3) is 0 Å². The fourth-order valence-corrected chi connectivity index (χ4v) is 4.05. The number of hydrogen-bond donors (Lipinski definition) is 9. The number of aliphatic imine (C=N–C) groups is 1. The maximum atomic E-state index is 13.6. The van der Waals surface area contributed by atoms with Gasteiger partial charge in [-0.3, -0.25) is 29.6 Å². The fraction of sp³-hybridized carbons (Fsp3) is 0.323. The lowest BCUT2D eigenvalue weighted by Gasteiger charge is -2.24. The number of hydrogen-bond acceptors (Lipinski definition) is 7. The third-order valence-electron chi connectivity index (χ3n) is 6.52. The van der Waals surface area contributed by atoms with Gasteiger partial charge >= 0.3 is 12.1 Å². The van der Waals surface area contributed by atoms with Gasteiger partial charge in [-0.1, -0.05) is 60.7 Å². The average molecular weight is 692 g/mol. The number of amidine groups is 1. The van der Waals surface area contributed by atoms with Crippen molar-refractivity contribution in [2.75, 3.05) is 13.1 Å². The van der Waals surface area contributed by atoms with Gasteiger partial charge in [0.1, 0.15) is 23.8 Å². The zero-order valence-corrected chi connectivity index (χ0v) is 26.3. The summed E-state index contributed by atoms with van der Waals surface area (Å²) >= 11 is 0. The Bertz CT molecular complexity index is 1480. The molecule has 266 valence electrons. The van der Waals surface area contributed by atoms with E-state index in [2.05, 4.69) is 27.5 Å². The number of aliphatic carboxylic acids is 1. The lowest BCUT2D eigenvalue weighted by Crippen LogP contribution is -2.55. The Morgan fingerprint density at radius 3 is 1.90 bits per heavy atom. The molecule has 0 saturated heterocycles. The maximum absolute atomic E-state index is 13.6. The maximum Gasteiger partial charge on any atom is 0.490 e. The van der Waals surface area contributed by atoms with Crippen LogP contribution in [-0.2, 0) is 36.8 Å². The SMILES string of the molecule is C=CCNC(=O)C(Cc1ccc(C(=N)N)cc1)C(=O)NC(Cc1ccccc1)C(=O)N[C@@H](CCCN=C(N)N)C(N)=O.O=C(O)C(F)(F)F. The monoisotopic (exact) mass is 691 g/mol. The molecule has 2 unspecified atom stereocenters. The van der Waals surface area contributed by atoms with E-state index in [1.807, 2.05) is 6.07 Å². The molecule has 4 amide bonds. The molecule has 0 aliphatic heterocycles. The number of carboxylic acids is 1. The van der Waals surface area contributed by atoms with Gasteiger partial charge < -0.3 is 44.0 Å². The van der Waals surface area contributed by atoms with Crippen LogP contribution in [-0.4, -0.2) is 77.8 Å². The van der Waals surface area contributed by atoms with Crippen molar-refractivity contribution in [3.8, 4) is 0 Å². The van der Waals surface area contributed by atoms with Crippen molar-refractivity contribution in [1.29, 1.82) is 5.41 Å². The molecule has 0 radical (unpaired) electrons.